The second kappa shape index (κ2) is 8.75. The van der Waals surface area contributed by atoms with E-state index in [0.29, 0.717) is 12.5 Å². The zero-order valence-corrected chi connectivity index (χ0v) is 16.6. The molecule has 0 aromatic heterocycles. The van der Waals surface area contributed by atoms with Crippen LogP contribution in [0.4, 0.5) is 0 Å². The molecule has 0 heterocycles. The zero-order chi connectivity index (χ0) is 19.3. The Morgan fingerprint density at radius 2 is 1.73 bits per heavy atom. The lowest BCUT2D eigenvalue weighted by atomic mass is 10.0. The van der Waals surface area contributed by atoms with E-state index >= 15 is 0 Å². The summed E-state index contributed by atoms with van der Waals surface area (Å²) < 4.78 is 11.2. The monoisotopic (exact) mass is 355 g/mol. The van der Waals surface area contributed by atoms with Crippen molar-refractivity contribution in [2.75, 3.05) is 14.2 Å². The van der Waals surface area contributed by atoms with Gasteiger partial charge in [-0.25, -0.2) is 0 Å². The standard InChI is InChI=1S/C22H29NO3/c1-15(2)20-12-7-16(3)13-21(20)26-17(4)22(24)23(5)14-18-8-10-19(25-6)11-9-18/h7-13,15,17H,14H2,1-6H3. The molecule has 0 radical (unpaired) electrons. The maximum atomic E-state index is 12.7. The first-order valence-corrected chi connectivity index (χ1v) is 8.97. The van der Waals surface area contributed by atoms with Crippen LogP contribution >= 0.6 is 0 Å². The maximum Gasteiger partial charge on any atom is 0.263 e. The molecule has 0 spiro atoms. The van der Waals surface area contributed by atoms with Crippen molar-refractivity contribution >= 4 is 5.91 Å². The third-order valence-electron chi connectivity index (χ3n) is 4.40. The van der Waals surface area contributed by atoms with Gasteiger partial charge in [-0.3, -0.25) is 4.79 Å². The normalized spacial score (nSPS) is 12.0. The molecule has 140 valence electrons. The van der Waals surface area contributed by atoms with Crippen molar-refractivity contribution in [3.8, 4) is 11.5 Å². The van der Waals surface area contributed by atoms with Crippen molar-refractivity contribution in [1.82, 2.24) is 4.90 Å². The van der Waals surface area contributed by atoms with Gasteiger partial charge in [-0.2, -0.15) is 0 Å². The first-order valence-electron chi connectivity index (χ1n) is 8.97. The lowest BCUT2D eigenvalue weighted by molar-refractivity contribution is -0.137. The van der Waals surface area contributed by atoms with Crippen molar-refractivity contribution in [3.63, 3.8) is 0 Å². The van der Waals surface area contributed by atoms with Crippen LogP contribution < -0.4 is 9.47 Å². The molecule has 1 atom stereocenters. The Bertz CT molecular complexity index is 738. The molecule has 2 aromatic carbocycles. The Hall–Kier alpha value is -2.49. The van der Waals surface area contributed by atoms with Gasteiger partial charge in [0, 0.05) is 13.6 Å². The minimum atomic E-state index is -0.544. The highest BCUT2D eigenvalue weighted by Gasteiger charge is 2.21. The molecule has 1 amide bonds. The molecule has 0 saturated heterocycles. The van der Waals surface area contributed by atoms with Crippen LogP contribution in [0, 0.1) is 6.92 Å². The largest absolute Gasteiger partial charge is 0.497 e. The van der Waals surface area contributed by atoms with Gasteiger partial charge in [0.15, 0.2) is 6.10 Å². The summed E-state index contributed by atoms with van der Waals surface area (Å²) in [5, 5.41) is 0. The summed E-state index contributed by atoms with van der Waals surface area (Å²) in [4.78, 5) is 14.4. The van der Waals surface area contributed by atoms with E-state index in [-0.39, 0.29) is 5.91 Å². The van der Waals surface area contributed by atoms with Gasteiger partial charge in [-0.05, 0) is 54.7 Å². The third-order valence-corrected chi connectivity index (χ3v) is 4.40. The molecule has 0 aliphatic heterocycles. The predicted molar refractivity (Wildman–Crippen MR) is 105 cm³/mol. The minimum absolute atomic E-state index is 0.0444. The first-order chi connectivity index (χ1) is 12.3. The molecule has 1 unspecified atom stereocenters. The number of carbonyl (C=O) groups is 1. The lowest BCUT2D eigenvalue weighted by Crippen LogP contribution is -2.37. The van der Waals surface area contributed by atoms with E-state index in [1.54, 1.807) is 26.0 Å². The minimum Gasteiger partial charge on any atom is -0.497 e. The van der Waals surface area contributed by atoms with Gasteiger partial charge in [0.1, 0.15) is 11.5 Å². The SMILES string of the molecule is COc1ccc(CN(C)C(=O)C(C)Oc2cc(C)ccc2C(C)C)cc1. The third kappa shape index (κ3) is 5.01. The Labute approximate surface area is 156 Å². The number of amides is 1. The fourth-order valence-electron chi connectivity index (χ4n) is 2.85. The first kappa shape index (κ1) is 19.8. The van der Waals surface area contributed by atoms with Crippen LogP contribution in [-0.4, -0.2) is 31.1 Å². The van der Waals surface area contributed by atoms with Crippen molar-refractivity contribution < 1.29 is 14.3 Å². The molecule has 0 saturated carbocycles. The Morgan fingerprint density at radius 3 is 2.31 bits per heavy atom. The smallest absolute Gasteiger partial charge is 0.263 e. The number of ether oxygens (including phenoxy) is 2. The van der Waals surface area contributed by atoms with E-state index < -0.39 is 6.10 Å². The van der Waals surface area contributed by atoms with E-state index in [2.05, 4.69) is 26.0 Å². The summed E-state index contributed by atoms with van der Waals surface area (Å²) in [6, 6.07) is 13.9. The van der Waals surface area contributed by atoms with E-state index in [9.17, 15) is 4.79 Å². The van der Waals surface area contributed by atoms with Crippen LogP contribution in [0.1, 0.15) is 43.4 Å². The highest BCUT2D eigenvalue weighted by Crippen LogP contribution is 2.28. The van der Waals surface area contributed by atoms with Gasteiger partial charge in [-0.1, -0.05) is 38.1 Å². The highest BCUT2D eigenvalue weighted by atomic mass is 16.5. The fourth-order valence-corrected chi connectivity index (χ4v) is 2.85. The maximum absolute atomic E-state index is 12.7. The number of hydrogen-bond acceptors (Lipinski definition) is 3. The van der Waals surface area contributed by atoms with Crippen molar-refractivity contribution in [3.05, 3.63) is 59.2 Å². The quantitative estimate of drug-likeness (QED) is 0.731. The van der Waals surface area contributed by atoms with Gasteiger partial charge in [0.2, 0.25) is 0 Å². The van der Waals surface area contributed by atoms with Gasteiger partial charge in [0.25, 0.3) is 5.91 Å². The van der Waals surface area contributed by atoms with E-state index in [1.165, 1.54) is 0 Å². The zero-order valence-electron chi connectivity index (χ0n) is 16.6. The molecule has 0 aliphatic carbocycles. The molecule has 4 nitrogen and oxygen atoms in total. The number of aryl methyl sites for hydroxylation is 1. The highest BCUT2D eigenvalue weighted by molar-refractivity contribution is 5.80. The summed E-state index contributed by atoms with van der Waals surface area (Å²) in [6.07, 6.45) is -0.544. The number of benzene rings is 2. The number of likely N-dealkylation sites (N-methyl/N-ethyl adjacent to an activating group) is 1. The van der Waals surface area contributed by atoms with Gasteiger partial charge < -0.3 is 14.4 Å². The number of hydrogen-bond donors (Lipinski definition) is 0. The average molecular weight is 355 g/mol. The van der Waals surface area contributed by atoms with E-state index in [4.69, 9.17) is 9.47 Å². The Balaban J connectivity index is 2.05. The molecular weight excluding hydrogens is 326 g/mol. The van der Waals surface area contributed by atoms with Crippen LogP contribution in [0.25, 0.3) is 0 Å². The van der Waals surface area contributed by atoms with Crippen LogP contribution in [0.3, 0.4) is 0 Å². The molecular formula is C22H29NO3. The van der Waals surface area contributed by atoms with E-state index in [1.807, 2.05) is 37.3 Å². The van der Waals surface area contributed by atoms with E-state index in [0.717, 1.165) is 28.2 Å². The summed E-state index contributed by atoms with van der Waals surface area (Å²) in [6.45, 7) is 8.61. The van der Waals surface area contributed by atoms with Crippen LogP contribution in [-0.2, 0) is 11.3 Å². The number of nitrogens with zero attached hydrogens (tertiary/aromatic N) is 1. The van der Waals surface area contributed by atoms with Crippen LogP contribution in [0.15, 0.2) is 42.5 Å². The second-order valence-corrected chi connectivity index (χ2v) is 7.00. The number of methoxy groups -OCH3 is 1. The molecule has 26 heavy (non-hydrogen) atoms. The van der Waals surface area contributed by atoms with Crippen LogP contribution in [0.5, 0.6) is 11.5 Å². The topological polar surface area (TPSA) is 38.8 Å². The summed E-state index contributed by atoms with van der Waals surface area (Å²) in [5.41, 5.74) is 3.29. The van der Waals surface area contributed by atoms with Gasteiger partial charge in [0.05, 0.1) is 7.11 Å². The molecule has 2 aromatic rings. The number of rotatable bonds is 7. The molecule has 0 N–H and O–H groups in total. The fraction of sp³-hybridized carbons (Fsp3) is 0.409. The molecule has 0 bridgehead atoms. The lowest BCUT2D eigenvalue weighted by Gasteiger charge is -2.24. The van der Waals surface area contributed by atoms with Gasteiger partial charge in [-0.15, -0.1) is 0 Å². The summed E-state index contributed by atoms with van der Waals surface area (Å²) in [5.74, 6) is 1.89. The summed E-state index contributed by atoms with van der Waals surface area (Å²) in [7, 11) is 3.44. The average Bonchev–Trinajstić information content (AvgIpc) is 2.61. The Morgan fingerprint density at radius 1 is 1.08 bits per heavy atom. The Kier molecular flexibility index (Phi) is 6.67. The van der Waals surface area contributed by atoms with Crippen molar-refractivity contribution in [2.24, 2.45) is 0 Å². The molecule has 2 rings (SSSR count). The van der Waals surface area contributed by atoms with Crippen molar-refractivity contribution in [1.29, 1.82) is 0 Å². The predicted octanol–water partition coefficient (Wildman–Crippen LogP) is 4.55. The molecule has 0 aliphatic rings. The van der Waals surface area contributed by atoms with Crippen LogP contribution in [0.2, 0.25) is 0 Å². The second-order valence-electron chi connectivity index (χ2n) is 7.00. The summed E-state index contributed by atoms with van der Waals surface area (Å²) >= 11 is 0. The van der Waals surface area contributed by atoms with Crippen molar-refractivity contribution in [2.45, 2.75) is 46.3 Å². The molecule has 4 heteroatoms. The molecule has 0 fully saturated rings. The number of carbonyl (C=O) groups excluding carboxylic acids is 1. The van der Waals surface area contributed by atoms with Gasteiger partial charge >= 0.3 is 0 Å².